The first kappa shape index (κ1) is 13.4. The third kappa shape index (κ3) is 2.16. The van der Waals surface area contributed by atoms with Crippen molar-refractivity contribution in [2.45, 2.75) is 54.4 Å². The highest BCUT2D eigenvalue weighted by Crippen LogP contribution is 2.64. The number of fused-ring (bicyclic) bond motifs is 2. The third-order valence-electron chi connectivity index (χ3n) is 5.38. The Labute approximate surface area is 107 Å². The van der Waals surface area contributed by atoms with Crippen molar-refractivity contribution >= 4 is 0 Å². The maximum absolute atomic E-state index is 9.56. The van der Waals surface area contributed by atoms with E-state index < -0.39 is 0 Å². The standard InChI is InChI=1S/C16H30O/c1-15(2,3)13-10-7-11(9-17)12(8-10)14(13)16(4,5)6/h10-14,17H,7-9H2,1-6H3. The maximum Gasteiger partial charge on any atom is 0.0462 e. The molecule has 2 fully saturated rings. The van der Waals surface area contributed by atoms with E-state index in [9.17, 15) is 5.11 Å². The van der Waals surface area contributed by atoms with Crippen molar-refractivity contribution in [2.75, 3.05) is 6.61 Å². The van der Waals surface area contributed by atoms with Crippen molar-refractivity contribution < 1.29 is 5.11 Å². The molecule has 0 radical (unpaired) electrons. The molecule has 0 heterocycles. The minimum Gasteiger partial charge on any atom is -0.396 e. The summed E-state index contributed by atoms with van der Waals surface area (Å²) in [6, 6.07) is 0. The number of rotatable bonds is 1. The van der Waals surface area contributed by atoms with Crippen LogP contribution in [0.1, 0.15) is 54.4 Å². The number of aliphatic hydroxyl groups is 1. The molecule has 1 nitrogen and oxygen atoms in total. The van der Waals surface area contributed by atoms with Gasteiger partial charge in [-0.15, -0.1) is 0 Å². The van der Waals surface area contributed by atoms with E-state index in [1.54, 1.807) is 0 Å². The van der Waals surface area contributed by atoms with Gasteiger partial charge in [-0.05, 0) is 53.3 Å². The van der Waals surface area contributed by atoms with Crippen LogP contribution >= 0.6 is 0 Å². The van der Waals surface area contributed by atoms with Gasteiger partial charge in [0.2, 0.25) is 0 Å². The fourth-order valence-corrected chi connectivity index (χ4v) is 5.13. The van der Waals surface area contributed by atoms with E-state index in [1.165, 1.54) is 12.8 Å². The lowest BCUT2D eigenvalue weighted by molar-refractivity contribution is -0.0112. The van der Waals surface area contributed by atoms with Gasteiger partial charge in [-0.3, -0.25) is 0 Å². The van der Waals surface area contributed by atoms with Crippen LogP contribution in [0.3, 0.4) is 0 Å². The molecule has 5 atom stereocenters. The fraction of sp³-hybridized carbons (Fsp3) is 1.00. The van der Waals surface area contributed by atoms with Gasteiger partial charge in [0.05, 0.1) is 0 Å². The monoisotopic (exact) mass is 238 g/mol. The molecule has 17 heavy (non-hydrogen) atoms. The molecule has 5 unspecified atom stereocenters. The zero-order valence-corrected chi connectivity index (χ0v) is 12.5. The van der Waals surface area contributed by atoms with Gasteiger partial charge >= 0.3 is 0 Å². The Morgan fingerprint density at radius 2 is 1.41 bits per heavy atom. The van der Waals surface area contributed by atoms with Gasteiger partial charge in [-0.25, -0.2) is 0 Å². The summed E-state index contributed by atoms with van der Waals surface area (Å²) in [4.78, 5) is 0. The van der Waals surface area contributed by atoms with Crippen LogP contribution < -0.4 is 0 Å². The topological polar surface area (TPSA) is 20.2 Å². The van der Waals surface area contributed by atoms with E-state index in [-0.39, 0.29) is 0 Å². The number of aliphatic hydroxyl groups excluding tert-OH is 1. The zero-order valence-electron chi connectivity index (χ0n) is 12.5. The summed E-state index contributed by atoms with van der Waals surface area (Å²) in [6.07, 6.45) is 2.64. The van der Waals surface area contributed by atoms with E-state index in [0.29, 0.717) is 23.4 Å². The van der Waals surface area contributed by atoms with Crippen molar-refractivity contribution in [3.05, 3.63) is 0 Å². The molecule has 100 valence electrons. The van der Waals surface area contributed by atoms with E-state index >= 15 is 0 Å². The van der Waals surface area contributed by atoms with Crippen LogP contribution in [0.2, 0.25) is 0 Å². The molecule has 1 heteroatoms. The molecule has 2 aliphatic carbocycles. The SMILES string of the molecule is CC(C)(C)C1C2CC(CO)C(C2)C1C(C)(C)C. The van der Waals surface area contributed by atoms with Crippen LogP contribution in [0.15, 0.2) is 0 Å². The third-order valence-corrected chi connectivity index (χ3v) is 5.38. The Hall–Kier alpha value is -0.0400. The molecule has 0 aliphatic heterocycles. The Morgan fingerprint density at radius 1 is 0.882 bits per heavy atom. The lowest BCUT2D eigenvalue weighted by Crippen LogP contribution is -2.43. The molecule has 0 spiro atoms. The normalized spacial score (nSPS) is 42.2. The Balaban J connectivity index is 2.30. The lowest BCUT2D eigenvalue weighted by atomic mass is 9.57. The fourth-order valence-electron chi connectivity index (χ4n) is 5.13. The molecule has 1 N–H and O–H groups in total. The molecule has 0 aromatic rings. The minimum absolute atomic E-state index is 0.380. The quantitative estimate of drug-likeness (QED) is 0.733. The summed E-state index contributed by atoms with van der Waals surface area (Å²) in [5.41, 5.74) is 0.795. The zero-order chi connectivity index (χ0) is 13.0. The van der Waals surface area contributed by atoms with Gasteiger partial charge in [0, 0.05) is 6.61 Å². The highest BCUT2D eigenvalue weighted by atomic mass is 16.3. The van der Waals surface area contributed by atoms with Gasteiger partial charge in [-0.1, -0.05) is 41.5 Å². The van der Waals surface area contributed by atoms with Crippen LogP contribution in [-0.4, -0.2) is 11.7 Å². The molecule has 2 rings (SSSR count). The summed E-state index contributed by atoms with van der Waals surface area (Å²) in [5, 5.41) is 9.56. The van der Waals surface area contributed by atoms with Crippen LogP contribution in [0, 0.1) is 40.4 Å². The molecule has 0 aromatic carbocycles. The summed E-state index contributed by atoms with van der Waals surface area (Å²) in [6.45, 7) is 14.8. The maximum atomic E-state index is 9.56. The molecule has 0 saturated heterocycles. The second-order valence-corrected chi connectivity index (χ2v) is 8.62. The summed E-state index contributed by atoms with van der Waals surface area (Å²) < 4.78 is 0. The van der Waals surface area contributed by atoms with Gasteiger partial charge in [0.25, 0.3) is 0 Å². The van der Waals surface area contributed by atoms with E-state index in [4.69, 9.17) is 0 Å². The molecule has 2 bridgehead atoms. The predicted octanol–water partition coefficient (Wildman–Crippen LogP) is 3.96. The Kier molecular flexibility index (Phi) is 3.14. The van der Waals surface area contributed by atoms with Gasteiger partial charge in [0.1, 0.15) is 0 Å². The largest absolute Gasteiger partial charge is 0.396 e. The van der Waals surface area contributed by atoms with Crippen LogP contribution in [0.4, 0.5) is 0 Å². The minimum atomic E-state index is 0.380. The molecular formula is C16H30O. The van der Waals surface area contributed by atoms with E-state index in [1.807, 2.05) is 0 Å². The van der Waals surface area contributed by atoms with Gasteiger partial charge in [0.15, 0.2) is 0 Å². The predicted molar refractivity (Wildman–Crippen MR) is 72.7 cm³/mol. The number of hydrogen-bond acceptors (Lipinski definition) is 1. The van der Waals surface area contributed by atoms with Crippen molar-refractivity contribution in [1.82, 2.24) is 0 Å². The first-order chi connectivity index (χ1) is 7.66. The lowest BCUT2D eigenvalue weighted by Gasteiger charge is -2.48. The Morgan fingerprint density at radius 3 is 1.82 bits per heavy atom. The summed E-state index contributed by atoms with van der Waals surface area (Å²) >= 11 is 0. The smallest absolute Gasteiger partial charge is 0.0462 e. The van der Waals surface area contributed by atoms with Crippen LogP contribution in [0.25, 0.3) is 0 Å². The first-order valence-electron chi connectivity index (χ1n) is 7.27. The van der Waals surface area contributed by atoms with Gasteiger partial charge in [-0.2, -0.15) is 0 Å². The average Bonchev–Trinajstić information content (AvgIpc) is 2.70. The van der Waals surface area contributed by atoms with Gasteiger partial charge < -0.3 is 5.11 Å². The van der Waals surface area contributed by atoms with Crippen molar-refractivity contribution in [1.29, 1.82) is 0 Å². The van der Waals surface area contributed by atoms with Crippen LogP contribution in [0.5, 0.6) is 0 Å². The molecule has 0 aromatic heterocycles. The molecule has 2 aliphatic rings. The van der Waals surface area contributed by atoms with Crippen molar-refractivity contribution in [2.24, 2.45) is 40.4 Å². The van der Waals surface area contributed by atoms with Crippen LogP contribution in [-0.2, 0) is 0 Å². The van der Waals surface area contributed by atoms with E-state index in [2.05, 4.69) is 41.5 Å². The second kappa shape index (κ2) is 3.98. The second-order valence-electron chi connectivity index (χ2n) is 8.62. The first-order valence-corrected chi connectivity index (χ1v) is 7.27. The summed E-state index contributed by atoms with van der Waals surface area (Å²) in [5.74, 6) is 3.85. The molecule has 0 amide bonds. The molecule has 2 saturated carbocycles. The van der Waals surface area contributed by atoms with E-state index in [0.717, 1.165) is 23.7 Å². The molecular weight excluding hydrogens is 208 g/mol. The highest BCUT2D eigenvalue weighted by molar-refractivity contribution is 5.06. The summed E-state index contributed by atoms with van der Waals surface area (Å²) in [7, 11) is 0. The van der Waals surface area contributed by atoms with Crippen molar-refractivity contribution in [3.8, 4) is 0 Å². The van der Waals surface area contributed by atoms with Crippen molar-refractivity contribution in [3.63, 3.8) is 0 Å². The number of hydrogen-bond donors (Lipinski definition) is 1. The highest BCUT2D eigenvalue weighted by Gasteiger charge is 2.58. The Bertz CT molecular complexity index is 281. The average molecular weight is 238 g/mol.